The third kappa shape index (κ3) is 1.74. The summed E-state index contributed by atoms with van der Waals surface area (Å²) in [5.41, 5.74) is 0.652. The average Bonchev–Trinajstić information content (AvgIpc) is 2.42. The molecule has 3 nitrogen and oxygen atoms in total. The van der Waals surface area contributed by atoms with E-state index in [0.29, 0.717) is 17.2 Å². The maximum Gasteiger partial charge on any atom is 0.190 e. The molecule has 0 saturated heterocycles. The van der Waals surface area contributed by atoms with Gasteiger partial charge in [0.2, 0.25) is 0 Å². The van der Waals surface area contributed by atoms with Crippen molar-refractivity contribution >= 4 is 24.6 Å². The predicted molar refractivity (Wildman–Crippen MR) is 53.1 cm³/mol. The molecule has 1 aromatic heterocycles. The summed E-state index contributed by atoms with van der Waals surface area (Å²) in [6.07, 6.45) is 1.70. The van der Waals surface area contributed by atoms with Crippen LogP contribution in [0.15, 0.2) is 16.8 Å². The molecule has 1 heterocycles. The van der Waals surface area contributed by atoms with Crippen LogP contribution in [0, 0.1) is 0 Å². The van der Waals surface area contributed by atoms with Crippen molar-refractivity contribution in [2.45, 2.75) is 0 Å². The van der Waals surface area contributed by atoms with E-state index >= 15 is 0 Å². The lowest BCUT2D eigenvalue weighted by atomic mass is 10.3. The van der Waals surface area contributed by atoms with Crippen molar-refractivity contribution < 1.29 is 13.6 Å². The Labute approximate surface area is 80.2 Å². The van der Waals surface area contributed by atoms with Gasteiger partial charge in [-0.15, -0.1) is 0 Å². The van der Waals surface area contributed by atoms with Crippen LogP contribution in [0.1, 0.15) is 10.6 Å². The zero-order valence-corrected chi connectivity index (χ0v) is 7.76. The molecule has 4 heteroatoms. The minimum absolute atomic E-state index is 0.102. The van der Waals surface area contributed by atoms with Crippen LogP contribution >= 0.6 is 0 Å². The Bertz CT molecular complexity index is 473. The third-order valence-corrected chi connectivity index (χ3v) is 1.71. The molecular formula is C10H10FNO2. The summed E-state index contributed by atoms with van der Waals surface area (Å²) in [6, 6.07) is 0. The Morgan fingerprint density at radius 1 is 1.64 bits per heavy atom. The number of carbonyl (C=O) groups excluding carboxylic acids is 1. The van der Waals surface area contributed by atoms with Gasteiger partial charge in [0.1, 0.15) is 11.2 Å². The normalized spacial score (nSPS) is 11.4. The Morgan fingerprint density at radius 3 is 2.71 bits per heavy atom. The van der Waals surface area contributed by atoms with E-state index in [0.717, 1.165) is 6.08 Å². The number of hydrogen-bond acceptors (Lipinski definition) is 3. The smallest absolute Gasteiger partial charge is 0.190 e. The van der Waals surface area contributed by atoms with E-state index in [1.165, 1.54) is 0 Å². The van der Waals surface area contributed by atoms with Crippen LogP contribution in [0.2, 0.25) is 0 Å². The minimum Gasteiger partial charge on any atom is -0.452 e. The van der Waals surface area contributed by atoms with Crippen molar-refractivity contribution in [1.29, 1.82) is 0 Å². The predicted octanol–water partition coefficient (Wildman–Crippen LogP) is 0.808. The zero-order valence-electron chi connectivity index (χ0n) is 7.76. The van der Waals surface area contributed by atoms with Crippen LogP contribution in [0.4, 0.5) is 10.1 Å². The number of allylic oxidation sites excluding steroid dienone is 1. The lowest BCUT2D eigenvalue weighted by molar-refractivity contribution is 0.110. The number of rotatable bonds is 3. The van der Waals surface area contributed by atoms with Crippen LogP contribution < -0.4 is 16.0 Å². The number of nitrogens with one attached hydrogen (secondary N) is 1. The Morgan fingerprint density at radius 2 is 2.29 bits per heavy atom. The van der Waals surface area contributed by atoms with Crippen LogP contribution in [0.25, 0.3) is 12.7 Å². The summed E-state index contributed by atoms with van der Waals surface area (Å²) in [5.74, 6) is -0.519. The number of halogens is 1. The van der Waals surface area contributed by atoms with Gasteiger partial charge >= 0.3 is 0 Å². The fourth-order valence-electron chi connectivity index (χ4n) is 1.16. The number of carbonyl (C=O) groups is 1. The van der Waals surface area contributed by atoms with E-state index in [-0.39, 0.29) is 11.2 Å². The van der Waals surface area contributed by atoms with Crippen LogP contribution in [-0.2, 0) is 0 Å². The van der Waals surface area contributed by atoms with Crippen molar-refractivity contribution in [2.75, 3.05) is 12.4 Å². The van der Waals surface area contributed by atoms with Gasteiger partial charge < -0.3 is 9.73 Å². The molecule has 0 aliphatic rings. The van der Waals surface area contributed by atoms with Crippen molar-refractivity contribution in [3.05, 3.63) is 28.8 Å². The molecule has 0 amide bonds. The Kier molecular flexibility index (Phi) is 2.86. The second-order valence-electron chi connectivity index (χ2n) is 2.64. The van der Waals surface area contributed by atoms with E-state index in [1.807, 2.05) is 0 Å². The first-order valence-corrected chi connectivity index (χ1v) is 3.91. The maximum atomic E-state index is 12.6. The van der Waals surface area contributed by atoms with E-state index in [4.69, 9.17) is 4.42 Å². The summed E-state index contributed by atoms with van der Waals surface area (Å²) in [6.45, 7) is 6.64. The highest BCUT2D eigenvalue weighted by molar-refractivity contribution is 5.81. The lowest BCUT2D eigenvalue weighted by Crippen LogP contribution is -2.20. The molecule has 0 radical (unpaired) electrons. The molecule has 0 aliphatic carbocycles. The van der Waals surface area contributed by atoms with E-state index in [2.05, 4.69) is 18.5 Å². The van der Waals surface area contributed by atoms with Crippen LogP contribution in [0.3, 0.4) is 0 Å². The van der Waals surface area contributed by atoms with Gasteiger partial charge in [0.15, 0.2) is 12.0 Å². The third-order valence-electron chi connectivity index (χ3n) is 1.71. The SMILES string of the molecule is C=C(F)/C=c1/c(NC)c(C=O)oc1=C. The molecule has 1 N–H and O–H groups in total. The standard InChI is InChI=1S/C10H10FNO2/c1-6(11)4-8-7(2)14-9(5-13)10(8)12-3/h4-5,12H,1-2H2,3H3/b8-4+. The van der Waals surface area contributed by atoms with Gasteiger partial charge in [-0.25, -0.2) is 4.39 Å². The summed E-state index contributed by atoms with van der Waals surface area (Å²) >= 11 is 0. The highest BCUT2D eigenvalue weighted by atomic mass is 19.1. The van der Waals surface area contributed by atoms with Gasteiger partial charge in [-0.05, 0) is 6.08 Å². The van der Waals surface area contributed by atoms with Gasteiger partial charge in [0.05, 0.1) is 5.69 Å². The topological polar surface area (TPSA) is 42.2 Å². The molecule has 0 aromatic carbocycles. The molecule has 0 unspecified atom stereocenters. The Hall–Kier alpha value is -1.84. The molecule has 74 valence electrons. The second-order valence-corrected chi connectivity index (χ2v) is 2.64. The molecule has 1 aromatic rings. The zero-order chi connectivity index (χ0) is 10.7. The molecule has 0 aliphatic heterocycles. The monoisotopic (exact) mass is 195 g/mol. The fraction of sp³-hybridized carbons (Fsp3) is 0.100. The molecular weight excluding hydrogens is 185 g/mol. The molecule has 0 atom stereocenters. The van der Waals surface area contributed by atoms with E-state index in [9.17, 15) is 9.18 Å². The first kappa shape index (κ1) is 10.2. The first-order valence-electron chi connectivity index (χ1n) is 3.91. The minimum atomic E-state index is -0.621. The van der Waals surface area contributed by atoms with Crippen molar-refractivity contribution in [1.82, 2.24) is 0 Å². The van der Waals surface area contributed by atoms with Gasteiger partial charge in [-0.3, -0.25) is 4.79 Å². The van der Waals surface area contributed by atoms with Gasteiger partial charge in [0, 0.05) is 12.3 Å². The van der Waals surface area contributed by atoms with Gasteiger partial charge in [-0.1, -0.05) is 13.2 Å². The molecule has 14 heavy (non-hydrogen) atoms. The molecule has 0 spiro atoms. The summed E-state index contributed by atoms with van der Waals surface area (Å²) in [7, 11) is 1.61. The van der Waals surface area contributed by atoms with E-state index in [1.54, 1.807) is 7.05 Å². The molecule has 1 rings (SSSR count). The average molecular weight is 195 g/mol. The maximum absolute atomic E-state index is 12.6. The molecule has 0 fully saturated rings. The summed E-state index contributed by atoms with van der Waals surface area (Å²) in [4.78, 5) is 10.5. The number of furan rings is 1. The number of hydrogen-bond donors (Lipinski definition) is 1. The molecule has 0 saturated carbocycles. The van der Waals surface area contributed by atoms with Crippen molar-refractivity contribution in [3.8, 4) is 0 Å². The number of anilines is 1. The summed E-state index contributed by atoms with van der Waals surface area (Å²) in [5, 5.41) is 3.14. The van der Waals surface area contributed by atoms with E-state index < -0.39 is 5.83 Å². The van der Waals surface area contributed by atoms with Crippen LogP contribution in [0.5, 0.6) is 0 Å². The highest BCUT2D eigenvalue weighted by Gasteiger charge is 2.07. The highest BCUT2D eigenvalue weighted by Crippen LogP contribution is 2.05. The number of aldehydes is 1. The second kappa shape index (κ2) is 3.91. The van der Waals surface area contributed by atoms with Crippen molar-refractivity contribution in [3.63, 3.8) is 0 Å². The summed E-state index contributed by atoms with van der Waals surface area (Å²) < 4.78 is 17.6. The van der Waals surface area contributed by atoms with Crippen LogP contribution in [-0.4, -0.2) is 13.3 Å². The van der Waals surface area contributed by atoms with Gasteiger partial charge in [-0.2, -0.15) is 0 Å². The first-order chi connectivity index (χ1) is 6.60. The lowest BCUT2D eigenvalue weighted by Gasteiger charge is -1.93. The Balaban J connectivity index is 3.57. The quantitative estimate of drug-likeness (QED) is 0.725. The van der Waals surface area contributed by atoms with Crippen molar-refractivity contribution in [2.24, 2.45) is 0 Å². The molecule has 0 bridgehead atoms. The van der Waals surface area contributed by atoms with Gasteiger partial charge in [0.25, 0.3) is 0 Å². The largest absolute Gasteiger partial charge is 0.452 e. The fourth-order valence-corrected chi connectivity index (χ4v) is 1.16.